The molecule has 0 saturated heterocycles. The number of carboxylic acids is 2. The van der Waals surface area contributed by atoms with Crippen LogP contribution in [0.2, 0.25) is 0 Å². The molecule has 0 aliphatic rings. The number of hydrogen-bond donors (Lipinski definition) is 6. The monoisotopic (exact) mass is 398 g/mol. The van der Waals surface area contributed by atoms with Crippen molar-refractivity contribution in [3.05, 3.63) is 0 Å². The van der Waals surface area contributed by atoms with E-state index in [2.05, 4.69) is 0 Å². The molecule has 21 heavy (non-hydrogen) atoms. The third-order valence-electron chi connectivity index (χ3n) is 2.04. The van der Waals surface area contributed by atoms with Crippen LogP contribution in [0.3, 0.4) is 0 Å². The minimum absolute atomic E-state index is 0. The molecule has 0 radical (unpaired) electrons. The molecule has 126 valence electrons. The van der Waals surface area contributed by atoms with Crippen LogP contribution in [0.25, 0.3) is 0 Å². The summed E-state index contributed by atoms with van der Waals surface area (Å²) in [6.45, 7) is 0. The number of hydrogen-bond acceptors (Lipinski definition) is 6. The fourth-order valence-electron chi connectivity index (χ4n) is 0.842. The van der Waals surface area contributed by atoms with E-state index in [4.69, 9.17) is 33.1 Å². The number of amides is 2. The number of aliphatic carboxylic acids is 2. The molecule has 0 aromatic heterocycles. The zero-order chi connectivity index (χ0) is 16.3. The van der Waals surface area contributed by atoms with Crippen molar-refractivity contribution in [1.29, 1.82) is 0 Å². The fraction of sp³-hybridized carbons (Fsp3) is 0.600. The first-order valence-electron chi connectivity index (χ1n) is 5.61. The van der Waals surface area contributed by atoms with Crippen molar-refractivity contribution in [3.8, 4) is 0 Å². The van der Waals surface area contributed by atoms with Gasteiger partial charge in [0.25, 0.3) is 0 Å². The van der Waals surface area contributed by atoms with Crippen LogP contribution in [-0.4, -0.2) is 46.0 Å². The summed E-state index contributed by atoms with van der Waals surface area (Å²) in [5.41, 5.74) is 19.6. The molecule has 0 aliphatic carbocycles. The molecule has 0 bridgehead atoms. The van der Waals surface area contributed by atoms with Crippen LogP contribution < -0.4 is 22.9 Å². The standard InChI is InChI=1S/2C5H10N2O3.Pd/c2*6-3(5(9)10)1-2-4(7)8;/h2*3H,1-2,6H2,(H2,7,8)(H,9,10);. The van der Waals surface area contributed by atoms with Crippen LogP contribution in [0.1, 0.15) is 25.7 Å². The SMILES string of the molecule is NC(=O)CCC(N)C(=O)O.NC(=O)CCC(N)C(=O)O.[Pd]. The largest absolute Gasteiger partial charge is 0.480 e. The van der Waals surface area contributed by atoms with Gasteiger partial charge in [-0.25, -0.2) is 0 Å². The Kier molecular flexibility index (Phi) is 15.7. The molecule has 10 nitrogen and oxygen atoms in total. The average molecular weight is 399 g/mol. The maximum atomic E-state index is 10.1. The van der Waals surface area contributed by atoms with Crippen molar-refractivity contribution in [1.82, 2.24) is 0 Å². The van der Waals surface area contributed by atoms with E-state index in [0.717, 1.165) is 0 Å². The molecule has 0 heterocycles. The summed E-state index contributed by atoms with van der Waals surface area (Å²) in [6.07, 6.45) is 0.246. The Morgan fingerprint density at radius 2 is 1.00 bits per heavy atom. The maximum Gasteiger partial charge on any atom is 0.320 e. The van der Waals surface area contributed by atoms with Gasteiger partial charge in [-0.3, -0.25) is 19.2 Å². The molecule has 11 heteroatoms. The molecule has 0 fully saturated rings. The summed E-state index contributed by atoms with van der Waals surface area (Å²) >= 11 is 0. The third-order valence-corrected chi connectivity index (χ3v) is 2.04. The summed E-state index contributed by atoms with van der Waals surface area (Å²) in [5.74, 6) is -3.28. The fourth-order valence-corrected chi connectivity index (χ4v) is 0.842. The molecule has 0 spiro atoms. The molecule has 2 atom stereocenters. The molecule has 0 aromatic rings. The van der Waals surface area contributed by atoms with Gasteiger partial charge in [-0.15, -0.1) is 0 Å². The quantitative estimate of drug-likeness (QED) is 0.236. The van der Waals surface area contributed by atoms with Gasteiger partial charge in [0.15, 0.2) is 0 Å². The van der Waals surface area contributed by atoms with E-state index in [1.54, 1.807) is 0 Å². The second-order valence-electron chi connectivity index (χ2n) is 3.90. The summed E-state index contributed by atoms with van der Waals surface area (Å²) in [4.78, 5) is 40.3. The first-order chi connectivity index (χ1) is 9.07. The Morgan fingerprint density at radius 1 is 0.762 bits per heavy atom. The van der Waals surface area contributed by atoms with Gasteiger partial charge in [-0.2, -0.15) is 0 Å². The van der Waals surface area contributed by atoms with E-state index in [9.17, 15) is 19.2 Å². The van der Waals surface area contributed by atoms with Gasteiger partial charge in [0, 0.05) is 33.3 Å². The average Bonchev–Trinajstić information content (AvgIpc) is 2.33. The van der Waals surface area contributed by atoms with Gasteiger partial charge < -0.3 is 33.1 Å². The molecule has 0 rings (SSSR count). The Hall–Kier alpha value is -1.54. The molecule has 0 aromatic carbocycles. The van der Waals surface area contributed by atoms with Crippen molar-refractivity contribution in [2.45, 2.75) is 37.8 Å². The van der Waals surface area contributed by atoms with E-state index in [-0.39, 0.29) is 46.1 Å². The van der Waals surface area contributed by atoms with Crippen LogP contribution in [0.4, 0.5) is 0 Å². The first kappa shape index (κ1) is 24.5. The van der Waals surface area contributed by atoms with Crippen LogP contribution in [-0.2, 0) is 39.6 Å². The Morgan fingerprint density at radius 3 is 1.14 bits per heavy atom. The molecule has 2 unspecified atom stereocenters. The summed E-state index contributed by atoms with van der Waals surface area (Å²) < 4.78 is 0. The number of primary amides is 2. The number of carbonyl (C=O) groups excluding carboxylic acids is 2. The predicted octanol–water partition coefficient (Wildman–Crippen LogP) is -2.67. The van der Waals surface area contributed by atoms with E-state index < -0.39 is 35.8 Å². The van der Waals surface area contributed by atoms with Crippen molar-refractivity contribution in [3.63, 3.8) is 0 Å². The molecule has 0 saturated carbocycles. The van der Waals surface area contributed by atoms with E-state index in [1.165, 1.54) is 0 Å². The topological polar surface area (TPSA) is 213 Å². The van der Waals surface area contributed by atoms with E-state index in [1.807, 2.05) is 0 Å². The predicted molar refractivity (Wildman–Crippen MR) is 68.1 cm³/mol. The van der Waals surface area contributed by atoms with Gasteiger partial charge in [0.1, 0.15) is 12.1 Å². The van der Waals surface area contributed by atoms with Crippen molar-refractivity contribution < 1.29 is 49.8 Å². The van der Waals surface area contributed by atoms with Gasteiger partial charge in [-0.1, -0.05) is 0 Å². The van der Waals surface area contributed by atoms with Gasteiger partial charge in [0.2, 0.25) is 11.8 Å². The number of carboxylic acid groups (broad SMARTS) is 2. The van der Waals surface area contributed by atoms with Crippen LogP contribution in [0.5, 0.6) is 0 Å². The molecule has 10 N–H and O–H groups in total. The van der Waals surface area contributed by atoms with Gasteiger partial charge in [-0.05, 0) is 12.8 Å². The van der Waals surface area contributed by atoms with Crippen LogP contribution >= 0.6 is 0 Å². The molecular formula is C10H20N4O6Pd. The summed E-state index contributed by atoms with van der Waals surface area (Å²) in [5, 5.41) is 16.4. The van der Waals surface area contributed by atoms with Gasteiger partial charge >= 0.3 is 11.9 Å². The first-order valence-corrected chi connectivity index (χ1v) is 5.61. The van der Waals surface area contributed by atoms with Crippen LogP contribution in [0, 0.1) is 0 Å². The minimum atomic E-state index is -1.11. The van der Waals surface area contributed by atoms with Crippen molar-refractivity contribution in [2.75, 3.05) is 0 Å². The van der Waals surface area contributed by atoms with Crippen LogP contribution in [0.15, 0.2) is 0 Å². The minimum Gasteiger partial charge on any atom is -0.480 e. The van der Waals surface area contributed by atoms with Gasteiger partial charge in [0.05, 0.1) is 0 Å². The zero-order valence-corrected chi connectivity index (χ0v) is 12.7. The second-order valence-corrected chi connectivity index (χ2v) is 3.90. The Balaban J connectivity index is -0.000000295. The number of nitrogens with two attached hydrogens (primary N) is 4. The third kappa shape index (κ3) is 18.5. The summed E-state index contributed by atoms with van der Waals surface area (Å²) in [6, 6.07) is -1.96. The Bertz CT molecular complexity index is 331. The van der Waals surface area contributed by atoms with E-state index >= 15 is 0 Å². The number of carbonyl (C=O) groups is 4. The summed E-state index contributed by atoms with van der Waals surface area (Å²) in [7, 11) is 0. The maximum absolute atomic E-state index is 10.1. The molecule has 2 amide bonds. The molecular weight excluding hydrogens is 379 g/mol. The normalized spacial score (nSPS) is 11.9. The van der Waals surface area contributed by atoms with Crippen molar-refractivity contribution >= 4 is 23.8 Å². The van der Waals surface area contributed by atoms with E-state index in [0.29, 0.717) is 0 Å². The molecule has 0 aliphatic heterocycles. The second kappa shape index (κ2) is 13.4. The van der Waals surface area contributed by atoms with Crippen molar-refractivity contribution in [2.24, 2.45) is 22.9 Å². The Labute approximate surface area is 134 Å². The zero-order valence-electron chi connectivity index (χ0n) is 11.1. The number of rotatable bonds is 8. The smallest absolute Gasteiger partial charge is 0.320 e.